The van der Waals surface area contributed by atoms with Gasteiger partial charge in [0.05, 0.1) is 0 Å². The van der Waals surface area contributed by atoms with Crippen LogP contribution >= 0.6 is 11.5 Å². The maximum atomic E-state index is 5.54. The van der Waals surface area contributed by atoms with E-state index in [0.29, 0.717) is 11.0 Å². The summed E-state index contributed by atoms with van der Waals surface area (Å²) in [5.41, 5.74) is 6.56. The van der Waals surface area contributed by atoms with Crippen molar-refractivity contribution in [2.45, 2.75) is 6.10 Å². The molecular weight excluding hydrogens is 210 g/mol. The van der Waals surface area contributed by atoms with Gasteiger partial charge < -0.3 is 10.5 Å². The summed E-state index contributed by atoms with van der Waals surface area (Å²) in [6.45, 7) is 0. The van der Waals surface area contributed by atoms with E-state index in [1.807, 2.05) is 30.3 Å². The SMILES string of the molecule is COC(c1ccccc1)c1nsc(N)n1. The van der Waals surface area contributed by atoms with Gasteiger partial charge in [0.15, 0.2) is 11.0 Å². The molecule has 78 valence electrons. The van der Waals surface area contributed by atoms with Crippen molar-refractivity contribution >= 4 is 16.7 Å². The lowest BCUT2D eigenvalue weighted by Gasteiger charge is -2.11. The number of methoxy groups -OCH3 is 1. The van der Waals surface area contributed by atoms with Crippen LogP contribution in [-0.4, -0.2) is 16.5 Å². The van der Waals surface area contributed by atoms with E-state index < -0.39 is 0 Å². The molecule has 0 aliphatic carbocycles. The number of hydrogen-bond donors (Lipinski definition) is 1. The Balaban J connectivity index is 2.33. The van der Waals surface area contributed by atoms with Crippen LogP contribution in [0, 0.1) is 0 Å². The Kier molecular flexibility index (Phi) is 2.94. The lowest BCUT2D eigenvalue weighted by atomic mass is 10.1. The highest BCUT2D eigenvalue weighted by molar-refractivity contribution is 7.09. The van der Waals surface area contributed by atoms with Crippen LogP contribution in [0.1, 0.15) is 17.5 Å². The summed E-state index contributed by atoms with van der Waals surface area (Å²) in [5, 5.41) is 0.461. The van der Waals surface area contributed by atoms with Crippen molar-refractivity contribution in [1.29, 1.82) is 0 Å². The summed E-state index contributed by atoms with van der Waals surface area (Å²) in [5.74, 6) is 0.617. The summed E-state index contributed by atoms with van der Waals surface area (Å²) >= 11 is 1.18. The molecule has 0 saturated heterocycles. The molecule has 0 radical (unpaired) electrons. The average Bonchev–Trinajstić information content (AvgIpc) is 2.68. The number of ether oxygens (including phenoxy) is 1. The minimum Gasteiger partial charge on any atom is -0.374 e. The van der Waals surface area contributed by atoms with Crippen molar-refractivity contribution in [3.05, 3.63) is 41.7 Å². The van der Waals surface area contributed by atoms with Gasteiger partial charge in [0.25, 0.3) is 0 Å². The van der Waals surface area contributed by atoms with Gasteiger partial charge in [-0.25, -0.2) is 4.98 Å². The Morgan fingerprint density at radius 1 is 1.33 bits per heavy atom. The smallest absolute Gasteiger partial charge is 0.200 e. The molecule has 2 aromatic rings. The van der Waals surface area contributed by atoms with Crippen LogP contribution in [-0.2, 0) is 4.74 Å². The molecule has 15 heavy (non-hydrogen) atoms. The molecule has 5 heteroatoms. The Morgan fingerprint density at radius 3 is 2.60 bits per heavy atom. The Morgan fingerprint density at radius 2 is 2.07 bits per heavy atom. The molecule has 1 aromatic carbocycles. The Bertz CT molecular complexity index is 429. The van der Waals surface area contributed by atoms with E-state index in [4.69, 9.17) is 10.5 Å². The standard InChI is InChI=1S/C10H11N3OS/c1-14-8(7-5-3-2-4-6-7)9-12-10(11)15-13-9/h2-6,8H,1H3,(H2,11,12,13). The predicted octanol–water partition coefficient (Wildman–Crippen LogP) is 1.86. The summed E-state index contributed by atoms with van der Waals surface area (Å²) in [6.07, 6.45) is -0.236. The van der Waals surface area contributed by atoms with Crippen molar-refractivity contribution in [2.24, 2.45) is 0 Å². The highest BCUT2D eigenvalue weighted by atomic mass is 32.1. The van der Waals surface area contributed by atoms with Gasteiger partial charge >= 0.3 is 0 Å². The van der Waals surface area contributed by atoms with E-state index in [2.05, 4.69) is 9.36 Å². The highest BCUT2D eigenvalue weighted by Crippen LogP contribution is 2.24. The second-order valence-corrected chi connectivity index (χ2v) is 3.80. The lowest BCUT2D eigenvalue weighted by molar-refractivity contribution is 0.130. The van der Waals surface area contributed by atoms with E-state index >= 15 is 0 Å². The first kappa shape index (κ1) is 10.1. The van der Waals surface area contributed by atoms with Crippen molar-refractivity contribution in [2.75, 3.05) is 12.8 Å². The minimum absolute atomic E-state index is 0.236. The maximum Gasteiger partial charge on any atom is 0.200 e. The fourth-order valence-electron chi connectivity index (χ4n) is 1.37. The summed E-state index contributed by atoms with van der Waals surface area (Å²) in [7, 11) is 1.63. The molecule has 0 aliphatic heterocycles. The molecule has 1 atom stereocenters. The molecule has 0 saturated carbocycles. The minimum atomic E-state index is -0.236. The molecule has 4 nitrogen and oxygen atoms in total. The first-order valence-electron chi connectivity index (χ1n) is 4.48. The van der Waals surface area contributed by atoms with Gasteiger partial charge in [-0.15, -0.1) is 0 Å². The maximum absolute atomic E-state index is 5.54. The van der Waals surface area contributed by atoms with E-state index in [1.165, 1.54) is 11.5 Å². The van der Waals surface area contributed by atoms with Crippen LogP contribution in [0.2, 0.25) is 0 Å². The normalized spacial score (nSPS) is 12.6. The van der Waals surface area contributed by atoms with Crippen LogP contribution in [0.25, 0.3) is 0 Å². The zero-order valence-corrected chi connectivity index (χ0v) is 9.07. The molecule has 0 bridgehead atoms. The third-order valence-corrected chi connectivity index (χ3v) is 2.59. The van der Waals surface area contributed by atoms with Crippen LogP contribution in [0.3, 0.4) is 0 Å². The zero-order valence-electron chi connectivity index (χ0n) is 8.25. The van der Waals surface area contributed by atoms with Gasteiger partial charge in [-0.1, -0.05) is 30.3 Å². The quantitative estimate of drug-likeness (QED) is 0.859. The average molecular weight is 221 g/mol. The molecular formula is C10H11N3OS. The van der Waals surface area contributed by atoms with E-state index in [1.54, 1.807) is 7.11 Å². The van der Waals surface area contributed by atoms with Crippen molar-refractivity contribution in [3.8, 4) is 0 Å². The van der Waals surface area contributed by atoms with E-state index in [9.17, 15) is 0 Å². The van der Waals surface area contributed by atoms with Gasteiger partial charge in [-0.2, -0.15) is 4.37 Å². The summed E-state index contributed by atoms with van der Waals surface area (Å²) in [4.78, 5) is 4.12. The van der Waals surface area contributed by atoms with Gasteiger partial charge in [-0.3, -0.25) is 0 Å². The molecule has 2 N–H and O–H groups in total. The Hall–Kier alpha value is -1.46. The fourth-order valence-corrected chi connectivity index (χ4v) is 1.83. The molecule has 2 rings (SSSR count). The predicted molar refractivity (Wildman–Crippen MR) is 59.6 cm³/mol. The van der Waals surface area contributed by atoms with Gasteiger partial charge in [0.1, 0.15) is 6.10 Å². The first-order chi connectivity index (χ1) is 7.31. The van der Waals surface area contributed by atoms with Crippen molar-refractivity contribution in [3.63, 3.8) is 0 Å². The van der Waals surface area contributed by atoms with Gasteiger partial charge in [0, 0.05) is 18.6 Å². The van der Waals surface area contributed by atoms with Gasteiger partial charge in [0.2, 0.25) is 0 Å². The number of nitrogens with two attached hydrogens (primary N) is 1. The second kappa shape index (κ2) is 4.37. The number of hydrogen-bond acceptors (Lipinski definition) is 5. The fraction of sp³-hybridized carbons (Fsp3) is 0.200. The van der Waals surface area contributed by atoms with Crippen LogP contribution in [0.4, 0.5) is 5.13 Å². The summed E-state index contributed by atoms with van der Waals surface area (Å²) < 4.78 is 9.51. The number of aromatic nitrogens is 2. The van der Waals surface area contributed by atoms with E-state index in [-0.39, 0.29) is 6.10 Å². The number of benzene rings is 1. The molecule has 0 spiro atoms. The zero-order chi connectivity index (χ0) is 10.7. The van der Waals surface area contributed by atoms with Crippen LogP contribution < -0.4 is 5.73 Å². The van der Waals surface area contributed by atoms with Crippen molar-refractivity contribution < 1.29 is 4.74 Å². The molecule has 1 heterocycles. The monoisotopic (exact) mass is 221 g/mol. The lowest BCUT2D eigenvalue weighted by Crippen LogP contribution is -2.05. The third-order valence-electron chi connectivity index (χ3n) is 2.03. The molecule has 0 fully saturated rings. The molecule has 1 unspecified atom stereocenters. The number of nitrogen functional groups attached to an aromatic ring is 1. The number of rotatable bonds is 3. The third kappa shape index (κ3) is 2.14. The highest BCUT2D eigenvalue weighted by Gasteiger charge is 2.17. The topological polar surface area (TPSA) is 61.0 Å². The number of anilines is 1. The Labute approximate surface area is 91.9 Å². The second-order valence-electron chi connectivity index (χ2n) is 3.02. The first-order valence-corrected chi connectivity index (χ1v) is 5.25. The van der Waals surface area contributed by atoms with Crippen LogP contribution in [0.5, 0.6) is 0 Å². The number of nitrogens with zero attached hydrogens (tertiary/aromatic N) is 2. The molecule has 0 amide bonds. The molecule has 0 aliphatic rings. The van der Waals surface area contributed by atoms with Gasteiger partial charge in [-0.05, 0) is 5.56 Å². The van der Waals surface area contributed by atoms with Crippen LogP contribution in [0.15, 0.2) is 30.3 Å². The van der Waals surface area contributed by atoms with Crippen molar-refractivity contribution in [1.82, 2.24) is 9.36 Å². The molecule has 1 aromatic heterocycles. The summed E-state index contributed by atoms with van der Waals surface area (Å²) in [6, 6.07) is 9.82. The largest absolute Gasteiger partial charge is 0.374 e. The van der Waals surface area contributed by atoms with E-state index in [0.717, 1.165) is 5.56 Å².